The van der Waals surface area contributed by atoms with Crippen LogP contribution in [0, 0.1) is 4.91 Å². The van der Waals surface area contributed by atoms with Gasteiger partial charge in [-0.15, -0.1) is 8.68 Å². The maximum atomic E-state index is 12.9. The van der Waals surface area contributed by atoms with Crippen LogP contribution < -0.4 is 10.1 Å². The third-order valence-electron chi connectivity index (χ3n) is 4.95. The quantitative estimate of drug-likeness (QED) is 0.195. The summed E-state index contributed by atoms with van der Waals surface area (Å²) in [4.78, 5) is 32.1. The van der Waals surface area contributed by atoms with Gasteiger partial charge >= 0.3 is 5.97 Å². The normalized spacial score (nSPS) is 13.5. The molecule has 0 aliphatic heterocycles. The summed E-state index contributed by atoms with van der Waals surface area (Å²) in [6.45, 7) is 6.00. The van der Waals surface area contributed by atoms with Gasteiger partial charge in [-0.2, -0.15) is 0 Å². The van der Waals surface area contributed by atoms with Crippen LogP contribution in [-0.4, -0.2) is 55.6 Å². The zero-order valence-electron chi connectivity index (χ0n) is 21.0. The smallest absolute Gasteiger partial charge is 0.341 e. The van der Waals surface area contributed by atoms with E-state index in [0.717, 1.165) is 0 Å². The Hall–Kier alpha value is -3.45. The third kappa shape index (κ3) is 7.76. The first-order valence-electron chi connectivity index (χ1n) is 11.5. The SMILES string of the molecule is CCOC(=O)c1cc2c(NC(C)C)ncnc2cc1OCCCS(C)(=O)=NS(=O)c1ccc(N=O)cc1. The van der Waals surface area contributed by atoms with E-state index >= 15 is 0 Å². The largest absolute Gasteiger partial charge is 0.493 e. The van der Waals surface area contributed by atoms with Gasteiger partial charge in [-0.3, -0.25) is 0 Å². The number of benzene rings is 2. The highest BCUT2D eigenvalue weighted by molar-refractivity contribution is 8.00. The Morgan fingerprint density at radius 3 is 2.57 bits per heavy atom. The summed E-state index contributed by atoms with van der Waals surface area (Å²) >= 11 is 0. The van der Waals surface area contributed by atoms with Gasteiger partial charge < -0.3 is 14.8 Å². The van der Waals surface area contributed by atoms with Crippen LogP contribution in [0.1, 0.15) is 37.6 Å². The summed E-state index contributed by atoms with van der Waals surface area (Å²) in [5.74, 6) is 0.459. The molecular weight excluding hydrogens is 518 g/mol. The summed E-state index contributed by atoms with van der Waals surface area (Å²) in [5, 5.41) is 6.68. The standard InChI is InChI=1S/C24H29N5O6S2/c1-5-34-24(30)20-13-19-21(25-15-26-23(19)27-16(2)3)14-22(20)35-11-6-12-37(4,33)29-36(32)18-9-7-17(28-31)8-10-18/h7-10,13-16H,5-6,11-12H2,1-4H3,(H,25,26,27). The van der Waals surface area contributed by atoms with Gasteiger partial charge in [0.15, 0.2) is 11.0 Å². The summed E-state index contributed by atoms with van der Waals surface area (Å²) in [6.07, 6.45) is 3.18. The minimum absolute atomic E-state index is 0.122. The van der Waals surface area contributed by atoms with Crippen molar-refractivity contribution in [2.24, 2.45) is 8.94 Å². The van der Waals surface area contributed by atoms with E-state index in [1.807, 2.05) is 13.8 Å². The second kappa shape index (κ2) is 12.7. The minimum atomic E-state index is -2.80. The van der Waals surface area contributed by atoms with Gasteiger partial charge in [0.1, 0.15) is 29.1 Å². The number of nitrogens with zero attached hydrogens (tertiary/aromatic N) is 4. The third-order valence-corrected chi connectivity index (χ3v) is 8.48. The lowest BCUT2D eigenvalue weighted by atomic mass is 10.1. The number of rotatable bonds is 12. The molecule has 0 saturated heterocycles. The van der Waals surface area contributed by atoms with E-state index in [2.05, 4.69) is 24.2 Å². The number of nitroso groups, excluding NO2 is 1. The highest BCUT2D eigenvalue weighted by Crippen LogP contribution is 2.29. The van der Waals surface area contributed by atoms with Crippen LogP contribution in [0.2, 0.25) is 0 Å². The molecule has 37 heavy (non-hydrogen) atoms. The fourth-order valence-corrected chi connectivity index (χ4v) is 6.13. The lowest BCUT2D eigenvalue weighted by molar-refractivity contribution is 0.0522. The molecule has 0 amide bonds. The van der Waals surface area contributed by atoms with E-state index in [1.54, 1.807) is 19.1 Å². The van der Waals surface area contributed by atoms with Crippen molar-refractivity contribution in [2.75, 3.05) is 30.5 Å². The first-order valence-corrected chi connectivity index (χ1v) is 14.7. The fraction of sp³-hybridized carbons (Fsp3) is 0.375. The second-order valence-corrected chi connectivity index (χ2v) is 12.3. The van der Waals surface area contributed by atoms with E-state index in [4.69, 9.17) is 9.47 Å². The van der Waals surface area contributed by atoms with Gasteiger partial charge in [0.05, 0.1) is 33.4 Å². The Balaban J connectivity index is 1.75. The van der Waals surface area contributed by atoms with Gasteiger partial charge in [0.2, 0.25) is 0 Å². The molecule has 3 rings (SSSR count). The summed E-state index contributed by atoms with van der Waals surface area (Å²) in [6, 6.07) is 9.15. The average Bonchev–Trinajstić information content (AvgIpc) is 2.86. The summed E-state index contributed by atoms with van der Waals surface area (Å²) in [5.41, 5.74) is 1.01. The Kier molecular flexibility index (Phi) is 9.64. The topological polar surface area (TPSA) is 149 Å². The zero-order chi connectivity index (χ0) is 27.0. The number of carbonyl (C=O) groups is 1. The molecule has 0 spiro atoms. The van der Waals surface area contributed by atoms with Gasteiger partial charge in [-0.1, -0.05) is 0 Å². The predicted molar refractivity (Wildman–Crippen MR) is 144 cm³/mol. The average molecular weight is 548 g/mol. The molecule has 198 valence electrons. The minimum Gasteiger partial charge on any atom is -0.493 e. The molecule has 0 aliphatic rings. The number of anilines is 1. The highest BCUT2D eigenvalue weighted by Gasteiger charge is 2.18. The van der Waals surface area contributed by atoms with Crippen LogP contribution in [0.25, 0.3) is 10.9 Å². The number of aromatic nitrogens is 2. The lowest BCUT2D eigenvalue weighted by Crippen LogP contribution is -2.13. The first-order chi connectivity index (χ1) is 17.6. The molecule has 0 aliphatic carbocycles. The van der Waals surface area contributed by atoms with Crippen molar-refractivity contribution >= 4 is 49.1 Å². The zero-order valence-corrected chi connectivity index (χ0v) is 22.6. The van der Waals surface area contributed by atoms with Crippen LogP contribution >= 0.6 is 0 Å². The number of ether oxygens (including phenoxy) is 2. The highest BCUT2D eigenvalue weighted by atomic mass is 32.3. The van der Waals surface area contributed by atoms with Crippen molar-refractivity contribution in [1.29, 1.82) is 0 Å². The maximum Gasteiger partial charge on any atom is 0.341 e. The number of fused-ring (bicyclic) bond motifs is 1. The Morgan fingerprint density at radius 2 is 1.92 bits per heavy atom. The lowest BCUT2D eigenvalue weighted by Gasteiger charge is -2.15. The van der Waals surface area contributed by atoms with Gasteiger partial charge in [-0.05, 0) is 62.7 Å². The van der Waals surface area contributed by atoms with Crippen molar-refractivity contribution in [1.82, 2.24) is 9.97 Å². The summed E-state index contributed by atoms with van der Waals surface area (Å²) < 4.78 is 40.4. The van der Waals surface area contributed by atoms with Crippen LogP contribution in [-0.2, 0) is 25.5 Å². The van der Waals surface area contributed by atoms with Crippen molar-refractivity contribution in [2.45, 2.75) is 38.1 Å². The molecule has 3 aromatic rings. The molecular formula is C24H29N5O6S2. The molecule has 1 N–H and O–H groups in total. The van der Waals surface area contributed by atoms with Crippen molar-refractivity contribution in [3.8, 4) is 5.75 Å². The predicted octanol–water partition coefficient (Wildman–Crippen LogP) is 4.61. The molecule has 0 radical (unpaired) electrons. The molecule has 0 saturated carbocycles. The molecule has 0 fully saturated rings. The van der Waals surface area contributed by atoms with E-state index in [9.17, 15) is 18.1 Å². The van der Waals surface area contributed by atoms with Crippen LogP contribution in [0.5, 0.6) is 5.75 Å². The molecule has 0 bridgehead atoms. The molecule has 13 heteroatoms. The number of hydrogen-bond donors (Lipinski definition) is 1. The van der Waals surface area contributed by atoms with Crippen molar-refractivity contribution in [3.05, 3.63) is 53.2 Å². The Labute approximate surface area is 218 Å². The van der Waals surface area contributed by atoms with Gasteiger partial charge in [-0.25, -0.2) is 23.2 Å². The molecule has 1 aromatic heterocycles. The number of hydrogen-bond acceptors (Lipinski definition) is 10. The van der Waals surface area contributed by atoms with E-state index in [1.165, 1.54) is 36.8 Å². The molecule has 2 aromatic carbocycles. The Bertz CT molecular complexity index is 1420. The van der Waals surface area contributed by atoms with Crippen LogP contribution in [0.15, 0.2) is 56.6 Å². The van der Waals surface area contributed by atoms with Crippen molar-refractivity contribution < 1.29 is 22.7 Å². The molecule has 2 unspecified atom stereocenters. The number of carbonyl (C=O) groups excluding carboxylic acids is 1. The van der Waals surface area contributed by atoms with Crippen LogP contribution in [0.4, 0.5) is 11.5 Å². The van der Waals surface area contributed by atoms with Crippen molar-refractivity contribution in [3.63, 3.8) is 0 Å². The van der Waals surface area contributed by atoms with Gasteiger partial charge in [0.25, 0.3) is 0 Å². The first kappa shape index (κ1) is 28.1. The van der Waals surface area contributed by atoms with E-state index in [-0.39, 0.29) is 42.0 Å². The molecule has 2 atom stereocenters. The molecule has 1 heterocycles. The maximum absolute atomic E-state index is 12.9. The monoisotopic (exact) mass is 547 g/mol. The summed E-state index contributed by atoms with van der Waals surface area (Å²) in [7, 11) is -4.65. The number of esters is 1. The fourth-order valence-electron chi connectivity index (χ4n) is 3.32. The van der Waals surface area contributed by atoms with E-state index in [0.29, 0.717) is 28.0 Å². The molecule has 11 nitrogen and oxygen atoms in total. The Morgan fingerprint density at radius 1 is 1.19 bits per heavy atom. The second-order valence-electron chi connectivity index (χ2n) is 8.38. The number of nitrogens with one attached hydrogen (secondary N) is 1. The van der Waals surface area contributed by atoms with Crippen LogP contribution in [0.3, 0.4) is 0 Å². The van der Waals surface area contributed by atoms with E-state index < -0.39 is 26.7 Å². The van der Waals surface area contributed by atoms with Gasteiger partial charge in [0, 0.05) is 29.5 Å².